The molecule has 0 bridgehead atoms. The summed E-state index contributed by atoms with van der Waals surface area (Å²) in [4.78, 5) is 38.0. The molecule has 214 valence electrons. The molecule has 0 aliphatic rings. The minimum Gasteiger partial charge on any atom is -0.466 e. The molecule has 2 rings (SSSR count). The lowest BCUT2D eigenvalue weighted by Crippen LogP contribution is -2.36. The summed E-state index contributed by atoms with van der Waals surface area (Å²) < 4.78 is 10.1. The first-order valence-electron chi connectivity index (χ1n) is 13.3. The number of hydrogen-bond donors (Lipinski definition) is 3. The van der Waals surface area contributed by atoms with Gasteiger partial charge in [0.25, 0.3) is 0 Å². The third-order valence-corrected chi connectivity index (χ3v) is 5.70. The SMILES string of the molecule is CCOC(=O)CCC(=O)N(CC)c1cc(C)c(C#CCNc2ccc(C(=N)NC(=O)OC(C)(C)C)cc2)cc1C. The summed E-state index contributed by atoms with van der Waals surface area (Å²) in [6.45, 7) is 14.0. The van der Waals surface area contributed by atoms with Gasteiger partial charge in [0.2, 0.25) is 5.91 Å². The van der Waals surface area contributed by atoms with Crippen LogP contribution in [0, 0.1) is 31.1 Å². The highest BCUT2D eigenvalue weighted by Crippen LogP contribution is 2.25. The predicted molar refractivity (Wildman–Crippen MR) is 158 cm³/mol. The van der Waals surface area contributed by atoms with Crippen LogP contribution in [0.1, 0.15) is 69.7 Å². The maximum atomic E-state index is 12.8. The summed E-state index contributed by atoms with van der Waals surface area (Å²) in [7, 11) is 0. The highest BCUT2D eigenvalue weighted by Gasteiger charge is 2.19. The molecule has 0 saturated heterocycles. The fourth-order valence-corrected chi connectivity index (χ4v) is 3.80. The number of esters is 1. The molecule has 0 aliphatic heterocycles. The van der Waals surface area contributed by atoms with Crippen molar-refractivity contribution in [2.75, 3.05) is 29.9 Å². The lowest BCUT2D eigenvalue weighted by atomic mass is 10.0. The van der Waals surface area contributed by atoms with Crippen molar-refractivity contribution in [1.29, 1.82) is 5.41 Å². The van der Waals surface area contributed by atoms with E-state index in [9.17, 15) is 14.4 Å². The third-order valence-electron chi connectivity index (χ3n) is 5.70. The summed E-state index contributed by atoms with van der Waals surface area (Å²) in [5.41, 5.74) is 4.29. The molecule has 0 fully saturated rings. The van der Waals surface area contributed by atoms with E-state index in [1.807, 2.05) is 45.0 Å². The Balaban J connectivity index is 1.98. The minimum absolute atomic E-state index is 0.0442. The molecular formula is C31H40N4O5. The standard InChI is InChI=1S/C31H40N4O5/c1-8-35(27(36)16-17-28(37)39-9-2)26-20-21(3)24(19-22(26)4)11-10-18-33-25-14-12-23(13-15-25)29(32)34-30(38)40-31(5,6)7/h12-15,19-20,33H,8-9,16-18H2,1-7H3,(H2,32,34,38). The second-order valence-electron chi connectivity index (χ2n) is 10.1. The van der Waals surface area contributed by atoms with Gasteiger partial charge in [-0.1, -0.05) is 11.8 Å². The largest absolute Gasteiger partial charge is 0.466 e. The van der Waals surface area contributed by atoms with Gasteiger partial charge in [-0.15, -0.1) is 0 Å². The number of carbonyl (C=O) groups excluding carboxylic acids is 3. The molecule has 0 atom stereocenters. The molecule has 0 radical (unpaired) electrons. The number of amidine groups is 1. The molecule has 9 heteroatoms. The first-order valence-corrected chi connectivity index (χ1v) is 13.3. The van der Waals surface area contributed by atoms with Gasteiger partial charge < -0.3 is 19.7 Å². The molecule has 0 aliphatic carbocycles. The van der Waals surface area contributed by atoms with E-state index in [0.717, 1.165) is 28.1 Å². The van der Waals surface area contributed by atoms with Crippen LogP contribution < -0.4 is 15.5 Å². The van der Waals surface area contributed by atoms with E-state index in [1.54, 1.807) is 44.7 Å². The molecule has 9 nitrogen and oxygen atoms in total. The number of anilines is 2. The molecule has 2 amide bonds. The number of nitrogens with one attached hydrogen (secondary N) is 3. The Morgan fingerprint density at radius 1 is 1.00 bits per heavy atom. The molecule has 2 aromatic rings. The fourth-order valence-electron chi connectivity index (χ4n) is 3.80. The first-order chi connectivity index (χ1) is 18.8. The Kier molecular flexibility index (Phi) is 11.7. The van der Waals surface area contributed by atoms with Crippen molar-refractivity contribution in [2.24, 2.45) is 0 Å². The Bertz CT molecular complexity index is 1280. The van der Waals surface area contributed by atoms with Gasteiger partial charge >= 0.3 is 12.1 Å². The van der Waals surface area contributed by atoms with E-state index < -0.39 is 11.7 Å². The van der Waals surface area contributed by atoms with Gasteiger partial charge in [0.15, 0.2) is 0 Å². The number of carbonyl (C=O) groups is 3. The van der Waals surface area contributed by atoms with E-state index in [4.69, 9.17) is 14.9 Å². The van der Waals surface area contributed by atoms with Gasteiger partial charge in [0.1, 0.15) is 11.4 Å². The Morgan fingerprint density at radius 2 is 1.68 bits per heavy atom. The minimum atomic E-state index is -0.670. The average Bonchev–Trinajstić information content (AvgIpc) is 2.87. The van der Waals surface area contributed by atoms with Crippen molar-refractivity contribution in [3.8, 4) is 11.8 Å². The summed E-state index contributed by atoms with van der Waals surface area (Å²) in [5.74, 6) is 5.78. The number of nitrogens with zero attached hydrogens (tertiary/aromatic N) is 1. The summed E-state index contributed by atoms with van der Waals surface area (Å²) >= 11 is 0. The van der Waals surface area contributed by atoms with E-state index in [1.165, 1.54) is 0 Å². The van der Waals surface area contributed by atoms with Gasteiger partial charge in [-0.25, -0.2) is 4.79 Å². The van der Waals surface area contributed by atoms with Gasteiger partial charge in [-0.05, 0) is 96.0 Å². The van der Waals surface area contributed by atoms with Crippen LogP contribution in [0.5, 0.6) is 0 Å². The van der Waals surface area contributed by atoms with Crippen LogP contribution >= 0.6 is 0 Å². The van der Waals surface area contributed by atoms with Gasteiger partial charge in [0, 0.05) is 35.5 Å². The van der Waals surface area contributed by atoms with E-state index in [0.29, 0.717) is 25.3 Å². The zero-order chi connectivity index (χ0) is 29.9. The molecule has 0 spiro atoms. The van der Waals surface area contributed by atoms with Gasteiger partial charge in [0.05, 0.1) is 19.6 Å². The van der Waals surface area contributed by atoms with Crippen molar-refractivity contribution in [2.45, 2.75) is 66.9 Å². The molecule has 0 aromatic heterocycles. The van der Waals surface area contributed by atoms with Crippen LogP contribution in [-0.4, -0.2) is 49.1 Å². The second-order valence-corrected chi connectivity index (χ2v) is 10.1. The van der Waals surface area contributed by atoms with Crippen LogP contribution in [0.25, 0.3) is 0 Å². The Labute approximate surface area is 237 Å². The number of hydrogen-bond acceptors (Lipinski definition) is 7. The lowest BCUT2D eigenvalue weighted by molar-refractivity contribution is -0.144. The highest BCUT2D eigenvalue weighted by molar-refractivity contribution is 6.04. The van der Waals surface area contributed by atoms with Crippen molar-refractivity contribution >= 4 is 35.2 Å². The number of alkyl carbamates (subject to hydrolysis) is 1. The maximum absolute atomic E-state index is 12.8. The number of amides is 2. The number of ether oxygens (including phenoxy) is 2. The van der Waals surface area contributed by atoms with Crippen molar-refractivity contribution in [3.63, 3.8) is 0 Å². The normalized spacial score (nSPS) is 10.6. The van der Waals surface area contributed by atoms with Crippen LogP contribution in [0.3, 0.4) is 0 Å². The van der Waals surface area contributed by atoms with E-state index in [2.05, 4.69) is 22.5 Å². The molecule has 0 heterocycles. The number of aryl methyl sites for hydroxylation is 2. The average molecular weight is 549 g/mol. The quantitative estimate of drug-likeness (QED) is 0.169. The summed E-state index contributed by atoms with van der Waals surface area (Å²) in [5, 5.41) is 13.7. The third kappa shape index (κ3) is 10.1. The topological polar surface area (TPSA) is 121 Å². The summed E-state index contributed by atoms with van der Waals surface area (Å²) in [6.07, 6.45) is -0.510. The number of benzene rings is 2. The summed E-state index contributed by atoms with van der Waals surface area (Å²) in [6, 6.07) is 11.0. The monoisotopic (exact) mass is 548 g/mol. The van der Waals surface area contributed by atoms with E-state index >= 15 is 0 Å². The smallest absolute Gasteiger partial charge is 0.413 e. The molecule has 40 heavy (non-hydrogen) atoms. The van der Waals surface area contributed by atoms with Crippen molar-refractivity contribution in [3.05, 3.63) is 58.7 Å². The maximum Gasteiger partial charge on any atom is 0.413 e. The number of rotatable bonds is 9. The lowest BCUT2D eigenvalue weighted by Gasteiger charge is -2.24. The van der Waals surface area contributed by atoms with Gasteiger partial charge in [-0.2, -0.15) is 0 Å². The molecule has 0 unspecified atom stereocenters. The predicted octanol–water partition coefficient (Wildman–Crippen LogP) is 5.31. The van der Waals surface area contributed by atoms with Crippen molar-refractivity contribution < 1.29 is 23.9 Å². The highest BCUT2D eigenvalue weighted by atomic mass is 16.6. The van der Waals surface area contributed by atoms with E-state index in [-0.39, 0.29) is 30.6 Å². The molecule has 0 saturated carbocycles. The van der Waals surface area contributed by atoms with Crippen molar-refractivity contribution in [1.82, 2.24) is 5.32 Å². The fraction of sp³-hybridized carbons (Fsp3) is 0.419. The molecular weight excluding hydrogens is 508 g/mol. The van der Waals surface area contributed by atoms with Crippen LogP contribution in [-0.2, 0) is 19.1 Å². The van der Waals surface area contributed by atoms with Crippen LogP contribution in [0.15, 0.2) is 36.4 Å². The Morgan fingerprint density at radius 3 is 2.27 bits per heavy atom. The molecule has 3 N–H and O–H groups in total. The second kappa shape index (κ2) is 14.7. The van der Waals surface area contributed by atoms with Crippen LogP contribution in [0.2, 0.25) is 0 Å². The molecule has 2 aromatic carbocycles. The zero-order valence-corrected chi connectivity index (χ0v) is 24.5. The Hall–Kier alpha value is -4.32. The zero-order valence-electron chi connectivity index (χ0n) is 24.5. The first kappa shape index (κ1) is 31.9. The van der Waals surface area contributed by atoms with Gasteiger partial charge in [-0.3, -0.25) is 20.3 Å². The van der Waals surface area contributed by atoms with Crippen LogP contribution in [0.4, 0.5) is 16.2 Å².